The molecule has 0 spiro atoms. The van der Waals surface area contributed by atoms with Crippen molar-refractivity contribution in [3.05, 3.63) is 30.3 Å². The monoisotopic (exact) mass is 148 g/mol. The van der Waals surface area contributed by atoms with E-state index < -0.39 is 0 Å². The predicted octanol–water partition coefficient (Wildman–Crippen LogP) is 0.989. The van der Waals surface area contributed by atoms with Gasteiger partial charge in [0.25, 0.3) is 0 Å². The van der Waals surface area contributed by atoms with Gasteiger partial charge in [-0.25, -0.2) is 0 Å². The van der Waals surface area contributed by atoms with Gasteiger partial charge in [-0.2, -0.15) is 0 Å². The standard InChI is InChI=1S/C6H6O.ClH.H2O/c7-6-4-2-1-3-5-6;;/h1-5,7H;1H;1H2. The minimum atomic E-state index is 0. The molecule has 3 N–H and O–H groups in total. The van der Waals surface area contributed by atoms with Crippen LogP contribution in [-0.2, 0) is 0 Å². The summed E-state index contributed by atoms with van der Waals surface area (Å²) in [6.07, 6.45) is 0. The summed E-state index contributed by atoms with van der Waals surface area (Å²) in [6.45, 7) is 0. The Bertz CT molecular complexity index is 141. The molecule has 0 bridgehead atoms. The Labute approximate surface area is 59.9 Å². The molecule has 0 saturated heterocycles. The van der Waals surface area contributed by atoms with Crippen molar-refractivity contribution in [1.82, 2.24) is 0 Å². The van der Waals surface area contributed by atoms with Gasteiger partial charge in [0.05, 0.1) is 0 Å². The molecule has 0 saturated carbocycles. The molecular formula is C6H9ClO2. The van der Waals surface area contributed by atoms with E-state index in [0.29, 0.717) is 5.75 Å². The molecule has 2 nitrogen and oxygen atoms in total. The summed E-state index contributed by atoms with van der Waals surface area (Å²) in [5.74, 6) is 0.322. The summed E-state index contributed by atoms with van der Waals surface area (Å²) < 4.78 is 0. The molecule has 0 aliphatic rings. The molecule has 0 aromatic heterocycles. The van der Waals surface area contributed by atoms with E-state index in [1.54, 1.807) is 24.3 Å². The van der Waals surface area contributed by atoms with Crippen molar-refractivity contribution in [2.24, 2.45) is 0 Å². The van der Waals surface area contributed by atoms with Crippen LogP contribution in [0.2, 0.25) is 0 Å². The Balaban J connectivity index is 0. The van der Waals surface area contributed by atoms with Crippen LogP contribution in [0, 0.1) is 0 Å². The Morgan fingerprint density at radius 2 is 1.44 bits per heavy atom. The largest absolute Gasteiger partial charge is 0.508 e. The van der Waals surface area contributed by atoms with Gasteiger partial charge >= 0.3 is 0 Å². The van der Waals surface area contributed by atoms with Crippen molar-refractivity contribution in [1.29, 1.82) is 0 Å². The smallest absolute Gasteiger partial charge is 0.115 e. The molecule has 1 aromatic carbocycles. The Kier molecular flexibility index (Phi) is 6.68. The van der Waals surface area contributed by atoms with Crippen LogP contribution in [0.1, 0.15) is 0 Å². The second-order valence-electron chi connectivity index (χ2n) is 1.34. The van der Waals surface area contributed by atoms with Gasteiger partial charge in [0.2, 0.25) is 0 Å². The van der Waals surface area contributed by atoms with Crippen LogP contribution in [0.15, 0.2) is 30.3 Å². The van der Waals surface area contributed by atoms with Gasteiger partial charge in [-0.3, -0.25) is 0 Å². The first kappa shape index (κ1) is 11.1. The van der Waals surface area contributed by atoms with Crippen LogP contribution in [0.3, 0.4) is 0 Å². The van der Waals surface area contributed by atoms with Crippen LogP contribution >= 0.6 is 12.4 Å². The zero-order chi connectivity index (χ0) is 5.11. The second-order valence-corrected chi connectivity index (χ2v) is 1.34. The van der Waals surface area contributed by atoms with Gasteiger partial charge < -0.3 is 10.6 Å². The van der Waals surface area contributed by atoms with E-state index in [4.69, 9.17) is 5.11 Å². The number of rotatable bonds is 0. The maximum atomic E-state index is 8.63. The minimum absolute atomic E-state index is 0. The Morgan fingerprint density at radius 1 is 1.00 bits per heavy atom. The quantitative estimate of drug-likeness (QED) is 0.586. The van der Waals surface area contributed by atoms with Crippen molar-refractivity contribution < 1.29 is 10.6 Å². The van der Waals surface area contributed by atoms with Crippen molar-refractivity contribution in [3.8, 4) is 5.75 Å². The van der Waals surface area contributed by atoms with Gasteiger partial charge in [0.15, 0.2) is 0 Å². The number of benzene rings is 1. The predicted molar refractivity (Wildman–Crippen MR) is 39.0 cm³/mol. The van der Waals surface area contributed by atoms with E-state index in [2.05, 4.69) is 0 Å². The topological polar surface area (TPSA) is 51.7 Å². The van der Waals surface area contributed by atoms with Gasteiger partial charge in [-0.1, -0.05) is 18.2 Å². The average Bonchev–Trinajstić information content (AvgIpc) is 1.69. The van der Waals surface area contributed by atoms with Crippen LogP contribution < -0.4 is 0 Å². The summed E-state index contributed by atoms with van der Waals surface area (Å²) in [5, 5.41) is 8.63. The van der Waals surface area contributed by atoms with Gasteiger partial charge in [0.1, 0.15) is 5.75 Å². The van der Waals surface area contributed by atoms with Crippen molar-refractivity contribution in [3.63, 3.8) is 0 Å². The van der Waals surface area contributed by atoms with E-state index in [-0.39, 0.29) is 17.9 Å². The Morgan fingerprint density at radius 3 is 1.67 bits per heavy atom. The first-order valence-corrected chi connectivity index (χ1v) is 2.13. The van der Waals surface area contributed by atoms with Crippen LogP contribution in [0.25, 0.3) is 0 Å². The fourth-order valence-corrected chi connectivity index (χ4v) is 0.428. The molecule has 0 aliphatic carbocycles. The molecule has 0 fully saturated rings. The molecule has 3 heteroatoms. The highest BCUT2D eigenvalue weighted by Gasteiger charge is 1.74. The summed E-state index contributed by atoms with van der Waals surface area (Å²) in [7, 11) is 0. The summed E-state index contributed by atoms with van der Waals surface area (Å²) >= 11 is 0. The molecular weight excluding hydrogens is 140 g/mol. The maximum absolute atomic E-state index is 8.63. The third kappa shape index (κ3) is 3.82. The summed E-state index contributed by atoms with van der Waals surface area (Å²) in [6, 6.07) is 8.71. The summed E-state index contributed by atoms with van der Waals surface area (Å²) in [4.78, 5) is 0. The summed E-state index contributed by atoms with van der Waals surface area (Å²) in [5.41, 5.74) is 0. The van der Waals surface area contributed by atoms with E-state index in [1.807, 2.05) is 6.07 Å². The number of hydrogen-bond donors (Lipinski definition) is 1. The van der Waals surface area contributed by atoms with E-state index in [1.165, 1.54) is 0 Å². The van der Waals surface area contributed by atoms with E-state index >= 15 is 0 Å². The first-order valence-electron chi connectivity index (χ1n) is 2.13. The maximum Gasteiger partial charge on any atom is 0.115 e. The number of para-hydroxylation sites is 1. The highest BCUT2D eigenvalue weighted by molar-refractivity contribution is 5.85. The second kappa shape index (κ2) is 5.41. The lowest BCUT2D eigenvalue weighted by atomic mass is 10.3. The van der Waals surface area contributed by atoms with Gasteiger partial charge in [0, 0.05) is 0 Å². The molecule has 1 aromatic rings. The number of phenols is 1. The molecule has 0 unspecified atom stereocenters. The van der Waals surface area contributed by atoms with Gasteiger partial charge in [-0.15, -0.1) is 12.4 Å². The van der Waals surface area contributed by atoms with Crippen LogP contribution in [-0.4, -0.2) is 10.6 Å². The zero-order valence-corrected chi connectivity index (χ0v) is 5.56. The molecule has 0 aliphatic heterocycles. The van der Waals surface area contributed by atoms with E-state index in [0.717, 1.165) is 0 Å². The molecule has 0 atom stereocenters. The lowest BCUT2D eigenvalue weighted by molar-refractivity contribution is 0.475. The number of aromatic hydroxyl groups is 1. The van der Waals surface area contributed by atoms with Crippen molar-refractivity contribution in [2.45, 2.75) is 0 Å². The van der Waals surface area contributed by atoms with Crippen molar-refractivity contribution >= 4 is 12.4 Å². The SMILES string of the molecule is Cl.O.Oc1ccccc1. The van der Waals surface area contributed by atoms with E-state index in [9.17, 15) is 0 Å². The number of hydrogen-bond acceptors (Lipinski definition) is 1. The molecule has 0 heterocycles. The third-order valence-electron chi connectivity index (χ3n) is 0.756. The third-order valence-corrected chi connectivity index (χ3v) is 0.756. The average molecular weight is 149 g/mol. The fourth-order valence-electron chi connectivity index (χ4n) is 0.428. The van der Waals surface area contributed by atoms with Crippen LogP contribution in [0.5, 0.6) is 5.75 Å². The molecule has 9 heavy (non-hydrogen) atoms. The lowest BCUT2D eigenvalue weighted by Gasteiger charge is -1.82. The lowest BCUT2D eigenvalue weighted by Crippen LogP contribution is -1.56. The number of halogens is 1. The zero-order valence-electron chi connectivity index (χ0n) is 4.74. The highest BCUT2D eigenvalue weighted by Crippen LogP contribution is 2.02. The molecule has 52 valence electrons. The highest BCUT2D eigenvalue weighted by atomic mass is 35.5. The normalized spacial score (nSPS) is 6.67. The van der Waals surface area contributed by atoms with Crippen LogP contribution in [0.4, 0.5) is 0 Å². The van der Waals surface area contributed by atoms with Crippen molar-refractivity contribution in [2.75, 3.05) is 0 Å². The molecule has 0 amide bonds. The molecule has 1 rings (SSSR count). The van der Waals surface area contributed by atoms with Gasteiger partial charge in [-0.05, 0) is 12.1 Å². The first-order chi connectivity index (χ1) is 3.39. The Hall–Kier alpha value is -0.730. The fraction of sp³-hybridized carbons (Fsp3) is 0. The minimum Gasteiger partial charge on any atom is -0.508 e. The number of phenolic OH excluding ortho intramolecular Hbond substituents is 1. The molecule has 0 radical (unpaired) electrons.